The van der Waals surface area contributed by atoms with Gasteiger partial charge < -0.3 is 14.8 Å². The minimum absolute atomic E-state index is 0.314. The number of benzene rings is 1. The quantitative estimate of drug-likeness (QED) is 0.516. The van der Waals surface area contributed by atoms with Gasteiger partial charge in [-0.05, 0) is 50.4 Å². The molecular formula is C17H27NO2. The van der Waals surface area contributed by atoms with Crippen LogP contribution in [0.5, 0.6) is 11.5 Å². The second-order valence-electron chi connectivity index (χ2n) is 4.93. The summed E-state index contributed by atoms with van der Waals surface area (Å²) >= 11 is 0. The number of rotatable bonds is 10. The maximum absolute atomic E-state index is 5.33. The zero-order valence-electron chi connectivity index (χ0n) is 12.9. The maximum Gasteiger partial charge on any atom is 0.161 e. The molecule has 0 spiro atoms. The molecule has 0 aliphatic rings. The fourth-order valence-corrected chi connectivity index (χ4v) is 2.15. The second kappa shape index (κ2) is 9.43. The molecule has 0 bridgehead atoms. The molecule has 0 saturated heterocycles. The van der Waals surface area contributed by atoms with Crippen molar-refractivity contribution >= 4 is 0 Å². The van der Waals surface area contributed by atoms with E-state index in [1.165, 1.54) is 24.8 Å². The van der Waals surface area contributed by atoms with Gasteiger partial charge in [0.05, 0.1) is 14.2 Å². The molecule has 0 amide bonds. The third-order valence-electron chi connectivity index (χ3n) is 3.44. The molecular weight excluding hydrogens is 250 g/mol. The largest absolute Gasteiger partial charge is 0.493 e. The Morgan fingerprint density at radius 2 is 1.90 bits per heavy atom. The van der Waals surface area contributed by atoms with Crippen molar-refractivity contribution in [3.63, 3.8) is 0 Å². The molecule has 1 rings (SSSR count). The van der Waals surface area contributed by atoms with E-state index in [1.807, 2.05) is 18.2 Å². The summed E-state index contributed by atoms with van der Waals surface area (Å²) in [5.41, 5.74) is 1.22. The van der Waals surface area contributed by atoms with Gasteiger partial charge in [0.2, 0.25) is 0 Å². The van der Waals surface area contributed by atoms with Gasteiger partial charge in [0.25, 0.3) is 0 Å². The van der Waals surface area contributed by atoms with Crippen LogP contribution in [0.2, 0.25) is 0 Å². The molecule has 20 heavy (non-hydrogen) atoms. The SMILES string of the molecule is C=CCCCCCNC(C)c1ccc(OC)c(OC)c1. The second-order valence-corrected chi connectivity index (χ2v) is 4.93. The highest BCUT2D eigenvalue weighted by Gasteiger charge is 2.09. The highest BCUT2D eigenvalue weighted by Crippen LogP contribution is 2.29. The lowest BCUT2D eigenvalue weighted by molar-refractivity contribution is 0.354. The molecule has 0 heterocycles. The number of unbranched alkanes of at least 4 members (excludes halogenated alkanes) is 3. The monoisotopic (exact) mass is 277 g/mol. The lowest BCUT2D eigenvalue weighted by Gasteiger charge is -2.16. The molecule has 1 N–H and O–H groups in total. The van der Waals surface area contributed by atoms with E-state index in [1.54, 1.807) is 14.2 Å². The number of methoxy groups -OCH3 is 2. The van der Waals surface area contributed by atoms with Crippen molar-refractivity contribution in [1.29, 1.82) is 0 Å². The van der Waals surface area contributed by atoms with E-state index in [4.69, 9.17) is 9.47 Å². The van der Waals surface area contributed by atoms with Gasteiger partial charge in [-0.2, -0.15) is 0 Å². The Bertz CT molecular complexity index is 404. The van der Waals surface area contributed by atoms with Gasteiger partial charge in [-0.25, -0.2) is 0 Å². The van der Waals surface area contributed by atoms with Gasteiger partial charge in [-0.3, -0.25) is 0 Å². The molecule has 0 fully saturated rings. The van der Waals surface area contributed by atoms with Crippen LogP contribution in [0.15, 0.2) is 30.9 Å². The molecule has 0 aromatic heterocycles. The Morgan fingerprint density at radius 1 is 1.15 bits per heavy atom. The molecule has 112 valence electrons. The highest BCUT2D eigenvalue weighted by atomic mass is 16.5. The van der Waals surface area contributed by atoms with Gasteiger partial charge in [-0.15, -0.1) is 6.58 Å². The molecule has 0 aliphatic carbocycles. The topological polar surface area (TPSA) is 30.5 Å². The predicted molar refractivity (Wildman–Crippen MR) is 84.6 cm³/mol. The number of allylic oxidation sites excluding steroid dienone is 1. The predicted octanol–water partition coefficient (Wildman–Crippen LogP) is 4.10. The van der Waals surface area contributed by atoms with Crippen LogP contribution in [0, 0.1) is 0 Å². The van der Waals surface area contributed by atoms with Crippen LogP contribution in [0.4, 0.5) is 0 Å². The summed E-state index contributed by atoms with van der Waals surface area (Å²) in [6.07, 6.45) is 6.78. The lowest BCUT2D eigenvalue weighted by Crippen LogP contribution is -2.19. The molecule has 3 heteroatoms. The van der Waals surface area contributed by atoms with E-state index in [0.29, 0.717) is 6.04 Å². The molecule has 0 radical (unpaired) electrons. The van der Waals surface area contributed by atoms with Crippen molar-refractivity contribution in [3.8, 4) is 11.5 Å². The summed E-state index contributed by atoms with van der Waals surface area (Å²) in [4.78, 5) is 0. The molecule has 1 unspecified atom stereocenters. The van der Waals surface area contributed by atoms with E-state index < -0.39 is 0 Å². The van der Waals surface area contributed by atoms with Crippen LogP contribution in [0.25, 0.3) is 0 Å². The summed E-state index contributed by atoms with van der Waals surface area (Å²) in [5, 5.41) is 3.54. The molecule has 1 atom stereocenters. The van der Waals surface area contributed by atoms with Crippen LogP contribution >= 0.6 is 0 Å². The van der Waals surface area contributed by atoms with Crippen molar-refractivity contribution < 1.29 is 9.47 Å². The Kier molecular flexibility index (Phi) is 7.81. The summed E-state index contributed by atoms with van der Waals surface area (Å²) in [5.74, 6) is 1.55. The summed E-state index contributed by atoms with van der Waals surface area (Å²) < 4.78 is 10.6. The molecule has 1 aromatic carbocycles. The minimum atomic E-state index is 0.314. The first-order valence-electron chi connectivity index (χ1n) is 7.29. The van der Waals surface area contributed by atoms with Crippen LogP contribution < -0.4 is 14.8 Å². The van der Waals surface area contributed by atoms with Gasteiger partial charge in [0.15, 0.2) is 11.5 Å². The maximum atomic E-state index is 5.33. The molecule has 0 saturated carbocycles. The van der Waals surface area contributed by atoms with Gasteiger partial charge in [0, 0.05) is 6.04 Å². The first-order chi connectivity index (χ1) is 9.72. The van der Waals surface area contributed by atoms with Crippen LogP contribution in [-0.2, 0) is 0 Å². The van der Waals surface area contributed by atoms with Crippen molar-refractivity contribution in [2.24, 2.45) is 0 Å². The Hall–Kier alpha value is -1.48. The summed E-state index contributed by atoms with van der Waals surface area (Å²) in [6.45, 7) is 6.95. The average Bonchev–Trinajstić information content (AvgIpc) is 2.49. The van der Waals surface area contributed by atoms with Gasteiger partial charge >= 0.3 is 0 Å². The molecule has 1 aromatic rings. The first-order valence-corrected chi connectivity index (χ1v) is 7.29. The zero-order chi connectivity index (χ0) is 14.8. The Balaban J connectivity index is 2.42. The van der Waals surface area contributed by atoms with Crippen molar-refractivity contribution in [1.82, 2.24) is 5.32 Å². The Labute approximate surface area is 123 Å². The van der Waals surface area contributed by atoms with E-state index in [9.17, 15) is 0 Å². The fraction of sp³-hybridized carbons (Fsp3) is 0.529. The smallest absolute Gasteiger partial charge is 0.161 e. The molecule has 3 nitrogen and oxygen atoms in total. The molecule has 0 aliphatic heterocycles. The minimum Gasteiger partial charge on any atom is -0.493 e. The van der Waals surface area contributed by atoms with Crippen molar-refractivity contribution in [2.45, 2.75) is 38.6 Å². The average molecular weight is 277 g/mol. The fourth-order valence-electron chi connectivity index (χ4n) is 2.15. The van der Waals surface area contributed by atoms with Gasteiger partial charge in [-0.1, -0.05) is 18.6 Å². The third-order valence-corrected chi connectivity index (χ3v) is 3.44. The number of ether oxygens (including phenoxy) is 2. The standard InChI is InChI=1S/C17H27NO2/c1-5-6-7-8-9-12-18-14(2)15-10-11-16(19-3)17(13-15)20-4/h5,10-11,13-14,18H,1,6-9,12H2,2-4H3. The lowest BCUT2D eigenvalue weighted by atomic mass is 10.1. The highest BCUT2D eigenvalue weighted by molar-refractivity contribution is 5.43. The van der Waals surface area contributed by atoms with E-state index in [2.05, 4.69) is 24.9 Å². The van der Waals surface area contributed by atoms with Crippen LogP contribution in [0.1, 0.15) is 44.2 Å². The van der Waals surface area contributed by atoms with Crippen molar-refractivity contribution in [2.75, 3.05) is 20.8 Å². The van der Waals surface area contributed by atoms with E-state index in [0.717, 1.165) is 24.5 Å². The van der Waals surface area contributed by atoms with Crippen LogP contribution in [-0.4, -0.2) is 20.8 Å². The van der Waals surface area contributed by atoms with Crippen molar-refractivity contribution in [3.05, 3.63) is 36.4 Å². The summed E-state index contributed by atoms with van der Waals surface area (Å²) in [6, 6.07) is 6.38. The Morgan fingerprint density at radius 3 is 2.55 bits per heavy atom. The first kappa shape index (κ1) is 16.6. The summed E-state index contributed by atoms with van der Waals surface area (Å²) in [7, 11) is 3.32. The zero-order valence-corrected chi connectivity index (χ0v) is 12.9. The van der Waals surface area contributed by atoms with Crippen LogP contribution in [0.3, 0.4) is 0 Å². The van der Waals surface area contributed by atoms with E-state index in [-0.39, 0.29) is 0 Å². The number of nitrogens with one attached hydrogen (secondary N) is 1. The normalized spacial score (nSPS) is 11.9. The number of hydrogen-bond acceptors (Lipinski definition) is 3. The van der Waals surface area contributed by atoms with Gasteiger partial charge in [0.1, 0.15) is 0 Å². The third kappa shape index (κ3) is 5.25. The number of hydrogen-bond donors (Lipinski definition) is 1. The van der Waals surface area contributed by atoms with E-state index >= 15 is 0 Å².